The maximum Gasteiger partial charge on any atom is 0.247 e. The third-order valence-electron chi connectivity index (χ3n) is 3.00. The Morgan fingerprint density at radius 3 is 2.95 bits per heavy atom. The van der Waals surface area contributed by atoms with E-state index in [4.69, 9.17) is 0 Å². The molecule has 0 radical (unpaired) electrons. The standard InChI is InChI=1S/C14H15N5/c1-18-14(19-10-6-5-9-13(19)17-18)16-15-11-12-7-3-2-4-8-12/h2-5,7-9,11H,6,10H2,1H3/b15-11+,16-14+. The van der Waals surface area contributed by atoms with Crippen molar-refractivity contribution in [1.82, 2.24) is 14.3 Å². The van der Waals surface area contributed by atoms with Gasteiger partial charge in [0.2, 0.25) is 5.62 Å². The van der Waals surface area contributed by atoms with Crippen LogP contribution >= 0.6 is 0 Å². The average Bonchev–Trinajstić information content (AvgIpc) is 2.76. The van der Waals surface area contributed by atoms with E-state index in [0.29, 0.717) is 0 Å². The van der Waals surface area contributed by atoms with Crippen LogP contribution < -0.4 is 5.62 Å². The van der Waals surface area contributed by atoms with Crippen LogP contribution in [0.15, 0.2) is 46.6 Å². The van der Waals surface area contributed by atoms with Gasteiger partial charge in [0.15, 0.2) is 5.82 Å². The largest absolute Gasteiger partial charge is 0.292 e. The minimum absolute atomic E-state index is 0.770. The number of allylic oxidation sites excluding steroid dienone is 1. The number of aryl methyl sites for hydroxylation is 1. The molecule has 0 N–H and O–H groups in total. The molecule has 5 heteroatoms. The molecule has 2 aromatic rings. The Bertz CT molecular complexity index is 688. The summed E-state index contributed by atoms with van der Waals surface area (Å²) in [7, 11) is 1.88. The van der Waals surface area contributed by atoms with Crippen molar-refractivity contribution in [2.45, 2.75) is 13.0 Å². The van der Waals surface area contributed by atoms with Gasteiger partial charge in [0, 0.05) is 13.6 Å². The van der Waals surface area contributed by atoms with Crippen LogP contribution in [-0.2, 0) is 13.6 Å². The van der Waals surface area contributed by atoms with Crippen molar-refractivity contribution in [1.29, 1.82) is 0 Å². The molecule has 5 nitrogen and oxygen atoms in total. The average molecular weight is 253 g/mol. The van der Waals surface area contributed by atoms with Gasteiger partial charge in [-0.1, -0.05) is 36.4 Å². The minimum Gasteiger partial charge on any atom is -0.292 e. The van der Waals surface area contributed by atoms with E-state index in [2.05, 4.69) is 25.9 Å². The molecule has 0 aliphatic carbocycles. The van der Waals surface area contributed by atoms with Crippen LogP contribution in [0.4, 0.5) is 0 Å². The number of hydrogen-bond donors (Lipinski definition) is 0. The highest BCUT2D eigenvalue weighted by Gasteiger charge is 2.09. The third kappa shape index (κ3) is 2.40. The molecule has 0 bridgehead atoms. The first-order valence-electron chi connectivity index (χ1n) is 6.27. The summed E-state index contributed by atoms with van der Waals surface area (Å²) >= 11 is 0. The molecular formula is C14H15N5. The number of nitrogens with zero attached hydrogens (tertiary/aromatic N) is 5. The zero-order valence-corrected chi connectivity index (χ0v) is 10.8. The van der Waals surface area contributed by atoms with Crippen molar-refractivity contribution in [3.63, 3.8) is 0 Å². The molecule has 0 fully saturated rings. The summed E-state index contributed by atoms with van der Waals surface area (Å²) < 4.78 is 3.83. The summed E-state index contributed by atoms with van der Waals surface area (Å²) in [5.74, 6) is 0.933. The highest BCUT2D eigenvalue weighted by Crippen LogP contribution is 2.05. The molecule has 1 aromatic heterocycles. The summed E-state index contributed by atoms with van der Waals surface area (Å²) in [4.78, 5) is 0. The highest BCUT2D eigenvalue weighted by atomic mass is 15.4. The van der Waals surface area contributed by atoms with Crippen molar-refractivity contribution in [3.8, 4) is 0 Å². The van der Waals surface area contributed by atoms with Crippen molar-refractivity contribution >= 4 is 12.3 Å². The monoisotopic (exact) mass is 253 g/mol. The summed E-state index contributed by atoms with van der Waals surface area (Å²) in [5, 5.41) is 12.8. The van der Waals surface area contributed by atoms with Gasteiger partial charge in [-0.3, -0.25) is 4.57 Å². The van der Waals surface area contributed by atoms with Gasteiger partial charge in [0.1, 0.15) is 0 Å². The van der Waals surface area contributed by atoms with Crippen LogP contribution in [0.3, 0.4) is 0 Å². The molecule has 0 unspecified atom stereocenters. The number of aromatic nitrogens is 3. The van der Waals surface area contributed by atoms with Crippen LogP contribution in [0, 0.1) is 0 Å². The molecule has 1 aromatic carbocycles. The second-order valence-electron chi connectivity index (χ2n) is 4.38. The molecule has 0 saturated carbocycles. The number of rotatable bonds is 2. The maximum absolute atomic E-state index is 4.40. The van der Waals surface area contributed by atoms with E-state index in [0.717, 1.165) is 30.0 Å². The molecule has 0 saturated heterocycles. The molecule has 3 rings (SSSR count). The lowest BCUT2D eigenvalue weighted by Crippen LogP contribution is -2.25. The predicted molar refractivity (Wildman–Crippen MR) is 74.4 cm³/mol. The third-order valence-corrected chi connectivity index (χ3v) is 3.00. The van der Waals surface area contributed by atoms with Crippen molar-refractivity contribution in [2.75, 3.05) is 0 Å². The van der Waals surface area contributed by atoms with Crippen LogP contribution in [0.25, 0.3) is 6.08 Å². The molecular weight excluding hydrogens is 238 g/mol. The Labute approximate surface area is 111 Å². The Morgan fingerprint density at radius 2 is 2.11 bits per heavy atom. The molecule has 0 amide bonds. The first-order valence-corrected chi connectivity index (χ1v) is 6.27. The van der Waals surface area contributed by atoms with Crippen molar-refractivity contribution < 1.29 is 0 Å². The fourth-order valence-corrected chi connectivity index (χ4v) is 2.06. The van der Waals surface area contributed by atoms with Crippen molar-refractivity contribution in [2.24, 2.45) is 17.3 Å². The fourth-order valence-electron chi connectivity index (χ4n) is 2.06. The summed E-state index contributed by atoms with van der Waals surface area (Å²) in [6, 6.07) is 9.93. The molecule has 0 atom stereocenters. The van der Waals surface area contributed by atoms with E-state index in [1.807, 2.05) is 43.5 Å². The van der Waals surface area contributed by atoms with E-state index in [-0.39, 0.29) is 0 Å². The normalized spacial score (nSPS) is 15.1. The molecule has 1 aliphatic heterocycles. The lowest BCUT2D eigenvalue weighted by molar-refractivity contribution is 0.618. The topological polar surface area (TPSA) is 47.5 Å². The Hall–Kier alpha value is -2.43. The zero-order valence-electron chi connectivity index (χ0n) is 10.8. The van der Waals surface area contributed by atoms with Crippen LogP contribution in [0.2, 0.25) is 0 Å². The van der Waals surface area contributed by atoms with Crippen molar-refractivity contribution in [3.05, 3.63) is 53.4 Å². The van der Waals surface area contributed by atoms with Crippen LogP contribution in [-0.4, -0.2) is 20.6 Å². The van der Waals surface area contributed by atoms with Gasteiger partial charge in [-0.15, -0.1) is 5.10 Å². The van der Waals surface area contributed by atoms with Crippen LogP contribution in [0.5, 0.6) is 0 Å². The Morgan fingerprint density at radius 1 is 1.26 bits per heavy atom. The lowest BCUT2D eigenvalue weighted by atomic mass is 10.2. The van der Waals surface area contributed by atoms with E-state index < -0.39 is 0 Å². The van der Waals surface area contributed by atoms with E-state index in [1.165, 1.54) is 0 Å². The zero-order chi connectivity index (χ0) is 13.1. The van der Waals surface area contributed by atoms with Gasteiger partial charge in [0.25, 0.3) is 0 Å². The van der Waals surface area contributed by atoms with Gasteiger partial charge in [0.05, 0.1) is 6.21 Å². The molecule has 1 aliphatic rings. The van der Waals surface area contributed by atoms with Gasteiger partial charge in [-0.2, -0.15) is 10.2 Å². The maximum atomic E-state index is 4.40. The smallest absolute Gasteiger partial charge is 0.247 e. The van der Waals surface area contributed by atoms with Gasteiger partial charge in [-0.25, -0.2) is 4.68 Å². The molecule has 2 heterocycles. The van der Waals surface area contributed by atoms with Gasteiger partial charge < -0.3 is 0 Å². The van der Waals surface area contributed by atoms with E-state index >= 15 is 0 Å². The predicted octanol–water partition coefficient (Wildman–Crippen LogP) is 1.57. The fraction of sp³-hybridized carbons (Fsp3) is 0.214. The van der Waals surface area contributed by atoms with E-state index in [9.17, 15) is 0 Å². The summed E-state index contributed by atoms with van der Waals surface area (Å²) in [6.45, 7) is 0.902. The number of benzene rings is 1. The number of hydrogen-bond acceptors (Lipinski definition) is 3. The SMILES string of the molecule is Cn1nc2n(/c1=N/N=C/c1ccccc1)CCC=C2. The first kappa shape index (κ1) is 11.6. The number of fused-ring (bicyclic) bond motifs is 1. The van der Waals surface area contributed by atoms with Gasteiger partial charge >= 0.3 is 0 Å². The quantitative estimate of drug-likeness (QED) is 0.592. The Balaban J connectivity index is 1.94. The summed E-state index contributed by atoms with van der Waals surface area (Å²) in [6.07, 6.45) is 6.90. The van der Waals surface area contributed by atoms with E-state index in [1.54, 1.807) is 10.9 Å². The minimum atomic E-state index is 0.770. The molecule has 96 valence electrons. The Kier molecular flexibility index (Phi) is 3.10. The summed E-state index contributed by atoms with van der Waals surface area (Å²) in [5.41, 5.74) is 1.80. The molecule has 0 spiro atoms. The van der Waals surface area contributed by atoms with Crippen LogP contribution in [0.1, 0.15) is 17.8 Å². The van der Waals surface area contributed by atoms with Gasteiger partial charge in [-0.05, 0) is 18.1 Å². The second kappa shape index (κ2) is 5.06. The lowest BCUT2D eigenvalue weighted by Gasteiger charge is -2.05. The highest BCUT2D eigenvalue weighted by molar-refractivity contribution is 5.79. The first-order chi connectivity index (χ1) is 9.34. The molecule has 19 heavy (non-hydrogen) atoms. The second-order valence-corrected chi connectivity index (χ2v) is 4.38.